The molecule has 0 aromatic heterocycles. The van der Waals surface area contributed by atoms with Crippen LogP contribution in [0.2, 0.25) is 0 Å². The van der Waals surface area contributed by atoms with Crippen LogP contribution in [0.3, 0.4) is 0 Å². The van der Waals surface area contributed by atoms with Gasteiger partial charge in [-0.3, -0.25) is 0 Å². The molecule has 2 unspecified atom stereocenters. The Hall–Kier alpha value is -0.120. The second kappa shape index (κ2) is 8.08. The first kappa shape index (κ1) is 14.9. The molecule has 0 aromatic rings. The topological polar surface area (TPSA) is 58.3 Å². The number of hydrogen-bond acceptors (Lipinski definition) is 3. The van der Waals surface area contributed by atoms with Gasteiger partial charge in [0.25, 0.3) is 0 Å². The Labute approximate surface area is 94.4 Å². The molecule has 4 N–H and O–H groups in total. The van der Waals surface area contributed by atoms with E-state index in [4.69, 9.17) is 10.8 Å². The zero-order valence-corrected chi connectivity index (χ0v) is 10.6. The molecule has 15 heavy (non-hydrogen) atoms. The van der Waals surface area contributed by atoms with E-state index in [1.54, 1.807) is 0 Å². The molecule has 0 saturated carbocycles. The maximum atomic E-state index is 8.97. The van der Waals surface area contributed by atoms with Crippen LogP contribution in [-0.2, 0) is 0 Å². The molecule has 3 heteroatoms. The number of aliphatic hydroxyl groups is 1. The van der Waals surface area contributed by atoms with Gasteiger partial charge < -0.3 is 16.2 Å². The Morgan fingerprint density at radius 1 is 1.33 bits per heavy atom. The summed E-state index contributed by atoms with van der Waals surface area (Å²) in [5, 5.41) is 12.6. The van der Waals surface area contributed by atoms with Crippen molar-refractivity contribution in [1.82, 2.24) is 5.32 Å². The third-order valence-corrected chi connectivity index (χ3v) is 3.28. The largest absolute Gasteiger partial charge is 0.396 e. The van der Waals surface area contributed by atoms with Crippen molar-refractivity contribution >= 4 is 0 Å². The van der Waals surface area contributed by atoms with Gasteiger partial charge in [-0.15, -0.1) is 0 Å². The number of rotatable bonds is 9. The van der Waals surface area contributed by atoms with Crippen molar-refractivity contribution in [1.29, 1.82) is 0 Å². The van der Waals surface area contributed by atoms with E-state index in [0.29, 0.717) is 12.6 Å². The summed E-state index contributed by atoms with van der Waals surface area (Å²) < 4.78 is 0. The molecule has 0 spiro atoms. The fourth-order valence-electron chi connectivity index (χ4n) is 2.10. The van der Waals surface area contributed by atoms with Gasteiger partial charge in [0.15, 0.2) is 0 Å². The second-order valence-corrected chi connectivity index (χ2v) is 4.35. The molecule has 0 heterocycles. The minimum atomic E-state index is 0.0740. The van der Waals surface area contributed by atoms with Crippen molar-refractivity contribution in [3.63, 3.8) is 0 Å². The first-order chi connectivity index (χ1) is 7.17. The molecule has 0 amide bonds. The van der Waals surface area contributed by atoms with Gasteiger partial charge in [-0.05, 0) is 25.7 Å². The van der Waals surface area contributed by atoms with Crippen LogP contribution in [-0.4, -0.2) is 29.8 Å². The number of hydrogen-bond donors (Lipinski definition) is 3. The number of nitrogens with one attached hydrogen (secondary N) is 1. The molecule has 0 aliphatic rings. The van der Waals surface area contributed by atoms with Gasteiger partial charge in [0.2, 0.25) is 0 Å². The van der Waals surface area contributed by atoms with Gasteiger partial charge >= 0.3 is 0 Å². The van der Waals surface area contributed by atoms with Crippen LogP contribution in [0.15, 0.2) is 0 Å². The van der Waals surface area contributed by atoms with E-state index in [1.165, 1.54) is 0 Å². The average molecular weight is 216 g/mol. The zero-order valence-electron chi connectivity index (χ0n) is 10.6. The summed E-state index contributed by atoms with van der Waals surface area (Å²) in [6.45, 7) is 7.45. The van der Waals surface area contributed by atoms with Crippen molar-refractivity contribution in [2.75, 3.05) is 13.2 Å². The summed E-state index contributed by atoms with van der Waals surface area (Å²) in [7, 11) is 0. The Bertz CT molecular complexity index is 147. The second-order valence-electron chi connectivity index (χ2n) is 4.35. The molecular formula is C12H28N2O. The lowest BCUT2D eigenvalue weighted by molar-refractivity contribution is 0.213. The van der Waals surface area contributed by atoms with Gasteiger partial charge in [-0.2, -0.15) is 0 Å². The van der Waals surface area contributed by atoms with Crippen LogP contribution in [0.1, 0.15) is 52.9 Å². The van der Waals surface area contributed by atoms with E-state index in [-0.39, 0.29) is 12.1 Å². The SMILES string of the molecule is CCCC(CC)(CN)NC(CC)CCO. The highest BCUT2D eigenvalue weighted by molar-refractivity contribution is 4.90. The third-order valence-electron chi connectivity index (χ3n) is 3.28. The van der Waals surface area contributed by atoms with Crippen LogP contribution >= 0.6 is 0 Å². The molecule has 0 fully saturated rings. The highest BCUT2D eigenvalue weighted by atomic mass is 16.3. The van der Waals surface area contributed by atoms with Crippen LogP contribution in [0.5, 0.6) is 0 Å². The first-order valence-electron chi connectivity index (χ1n) is 6.26. The standard InChI is InChI=1S/C12H28N2O/c1-4-8-12(6-3,10-13)14-11(5-2)7-9-15/h11,14-15H,4-10,13H2,1-3H3. The van der Waals surface area contributed by atoms with Crippen molar-refractivity contribution in [2.24, 2.45) is 5.73 Å². The van der Waals surface area contributed by atoms with Crippen LogP contribution in [0.4, 0.5) is 0 Å². The molecule has 0 aliphatic heterocycles. The van der Waals surface area contributed by atoms with E-state index in [1.807, 2.05) is 0 Å². The van der Waals surface area contributed by atoms with Gasteiger partial charge in [-0.1, -0.05) is 27.2 Å². The highest BCUT2D eigenvalue weighted by Gasteiger charge is 2.27. The zero-order chi connectivity index (χ0) is 11.7. The molecule has 0 rings (SSSR count). The third kappa shape index (κ3) is 4.96. The first-order valence-corrected chi connectivity index (χ1v) is 6.26. The molecule has 0 bridgehead atoms. The van der Waals surface area contributed by atoms with E-state index in [2.05, 4.69) is 26.1 Å². The molecule has 92 valence electrons. The molecular weight excluding hydrogens is 188 g/mol. The van der Waals surface area contributed by atoms with E-state index >= 15 is 0 Å². The van der Waals surface area contributed by atoms with E-state index in [9.17, 15) is 0 Å². The smallest absolute Gasteiger partial charge is 0.0445 e. The monoisotopic (exact) mass is 216 g/mol. The molecule has 0 aliphatic carbocycles. The molecule has 0 aromatic carbocycles. The van der Waals surface area contributed by atoms with Crippen LogP contribution < -0.4 is 11.1 Å². The minimum absolute atomic E-state index is 0.0740. The number of nitrogens with two attached hydrogens (primary N) is 1. The average Bonchev–Trinajstić information content (AvgIpc) is 2.27. The predicted octanol–water partition coefficient (Wildman–Crippen LogP) is 1.64. The van der Waals surface area contributed by atoms with E-state index in [0.717, 1.165) is 32.1 Å². The van der Waals surface area contributed by atoms with Crippen molar-refractivity contribution in [2.45, 2.75) is 64.5 Å². The highest BCUT2D eigenvalue weighted by Crippen LogP contribution is 2.18. The lowest BCUT2D eigenvalue weighted by Gasteiger charge is -2.36. The van der Waals surface area contributed by atoms with Crippen molar-refractivity contribution < 1.29 is 5.11 Å². The van der Waals surface area contributed by atoms with Gasteiger partial charge in [-0.25, -0.2) is 0 Å². The van der Waals surface area contributed by atoms with Crippen molar-refractivity contribution in [3.05, 3.63) is 0 Å². The summed E-state index contributed by atoms with van der Waals surface area (Å²) in [4.78, 5) is 0. The summed E-state index contributed by atoms with van der Waals surface area (Å²) in [5.41, 5.74) is 5.95. The lowest BCUT2D eigenvalue weighted by atomic mass is 9.89. The maximum Gasteiger partial charge on any atom is 0.0445 e. The minimum Gasteiger partial charge on any atom is -0.396 e. The Balaban J connectivity index is 4.34. The Kier molecular flexibility index (Phi) is 8.02. The fourth-order valence-corrected chi connectivity index (χ4v) is 2.10. The van der Waals surface area contributed by atoms with Crippen LogP contribution in [0.25, 0.3) is 0 Å². The van der Waals surface area contributed by atoms with Crippen LogP contribution in [0, 0.1) is 0 Å². The Morgan fingerprint density at radius 3 is 2.33 bits per heavy atom. The maximum absolute atomic E-state index is 8.97. The van der Waals surface area contributed by atoms with E-state index < -0.39 is 0 Å². The summed E-state index contributed by atoms with van der Waals surface area (Å²) in [5.74, 6) is 0. The van der Waals surface area contributed by atoms with Gasteiger partial charge in [0, 0.05) is 24.7 Å². The summed E-state index contributed by atoms with van der Waals surface area (Å²) in [6, 6.07) is 0.394. The molecule has 0 radical (unpaired) electrons. The number of aliphatic hydroxyl groups excluding tert-OH is 1. The fraction of sp³-hybridized carbons (Fsp3) is 1.00. The molecule has 2 atom stereocenters. The molecule has 0 saturated heterocycles. The van der Waals surface area contributed by atoms with Crippen molar-refractivity contribution in [3.8, 4) is 0 Å². The Morgan fingerprint density at radius 2 is 2.00 bits per heavy atom. The summed E-state index contributed by atoms with van der Waals surface area (Å²) >= 11 is 0. The normalized spacial score (nSPS) is 17.4. The molecule has 3 nitrogen and oxygen atoms in total. The quantitative estimate of drug-likeness (QED) is 0.549. The van der Waals surface area contributed by atoms with Gasteiger partial charge in [0.05, 0.1) is 0 Å². The summed E-state index contributed by atoms with van der Waals surface area (Å²) in [6.07, 6.45) is 5.18. The van der Waals surface area contributed by atoms with Gasteiger partial charge in [0.1, 0.15) is 0 Å². The lowest BCUT2D eigenvalue weighted by Crippen LogP contribution is -2.54. The predicted molar refractivity (Wildman–Crippen MR) is 65.9 cm³/mol.